The molecule has 0 fully saturated rings. The molecule has 1 aromatic heterocycles. The van der Waals surface area contributed by atoms with Crippen LogP contribution in [-0.4, -0.2) is 15.2 Å². The molecule has 78 valence electrons. The Balaban J connectivity index is 2.71. The van der Waals surface area contributed by atoms with Gasteiger partial charge in [0.25, 0.3) is 0 Å². The third-order valence-corrected chi connectivity index (χ3v) is 2.99. The minimum absolute atomic E-state index is 0.552. The van der Waals surface area contributed by atoms with E-state index in [-0.39, 0.29) is 0 Å². The van der Waals surface area contributed by atoms with Crippen LogP contribution in [-0.2, 0) is 12.2 Å². The molecule has 0 saturated carbocycles. The predicted molar refractivity (Wildman–Crippen MR) is 62.9 cm³/mol. The highest BCUT2D eigenvalue weighted by Crippen LogP contribution is 2.16. The largest absolute Gasteiger partial charge is 0.237 e. The second-order valence-electron chi connectivity index (χ2n) is 3.31. The molecule has 0 spiro atoms. The second kappa shape index (κ2) is 5.56. The summed E-state index contributed by atoms with van der Waals surface area (Å²) < 4.78 is 0. The average molecular weight is 231 g/mol. The first-order chi connectivity index (χ1) is 6.61. The van der Waals surface area contributed by atoms with E-state index in [1.807, 2.05) is 17.8 Å². The number of rotatable bonds is 4. The van der Waals surface area contributed by atoms with Crippen molar-refractivity contribution in [3.8, 4) is 0 Å². The standard InChI is InChI=1S/C10H15ClN2S/c1-4-8-5-9(11)13-10(12-8)6-14-7(2)3/h5,7H,4,6H2,1-3H3. The summed E-state index contributed by atoms with van der Waals surface area (Å²) in [5.41, 5.74) is 1.02. The summed E-state index contributed by atoms with van der Waals surface area (Å²) in [4.78, 5) is 8.59. The molecule has 0 aliphatic carbocycles. The third-order valence-electron chi connectivity index (χ3n) is 1.70. The minimum atomic E-state index is 0.552. The summed E-state index contributed by atoms with van der Waals surface area (Å²) in [7, 11) is 0. The summed E-state index contributed by atoms with van der Waals surface area (Å²) in [5, 5.41) is 1.15. The van der Waals surface area contributed by atoms with Gasteiger partial charge in [0, 0.05) is 5.69 Å². The highest BCUT2D eigenvalue weighted by molar-refractivity contribution is 7.99. The topological polar surface area (TPSA) is 25.8 Å². The maximum atomic E-state index is 5.88. The lowest BCUT2D eigenvalue weighted by atomic mass is 10.3. The van der Waals surface area contributed by atoms with Gasteiger partial charge in [-0.05, 0) is 17.7 Å². The molecule has 0 amide bonds. The summed E-state index contributed by atoms with van der Waals surface area (Å²) in [6.45, 7) is 6.39. The van der Waals surface area contributed by atoms with Crippen molar-refractivity contribution in [3.05, 3.63) is 22.7 Å². The van der Waals surface area contributed by atoms with Crippen LogP contribution in [0, 0.1) is 0 Å². The first kappa shape index (κ1) is 11.8. The van der Waals surface area contributed by atoms with Crippen LogP contribution in [0.3, 0.4) is 0 Å². The molecular formula is C10H15ClN2S. The highest BCUT2D eigenvalue weighted by atomic mass is 35.5. The lowest BCUT2D eigenvalue weighted by molar-refractivity contribution is 0.937. The quantitative estimate of drug-likeness (QED) is 0.742. The summed E-state index contributed by atoms with van der Waals surface area (Å²) >= 11 is 7.71. The molecule has 0 aliphatic rings. The van der Waals surface area contributed by atoms with E-state index in [1.165, 1.54) is 0 Å². The van der Waals surface area contributed by atoms with E-state index in [0.717, 1.165) is 23.7 Å². The lowest BCUT2D eigenvalue weighted by Crippen LogP contribution is -1.99. The van der Waals surface area contributed by atoms with Crippen molar-refractivity contribution in [2.75, 3.05) is 0 Å². The normalized spacial score (nSPS) is 10.9. The fourth-order valence-electron chi connectivity index (χ4n) is 1.00. The van der Waals surface area contributed by atoms with Crippen LogP contribution in [0.5, 0.6) is 0 Å². The molecular weight excluding hydrogens is 216 g/mol. The molecule has 1 heterocycles. The van der Waals surface area contributed by atoms with E-state index in [2.05, 4.69) is 30.7 Å². The van der Waals surface area contributed by atoms with Gasteiger partial charge in [-0.25, -0.2) is 9.97 Å². The first-order valence-corrected chi connectivity index (χ1v) is 6.18. The number of aromatic nitrogens is 2. The first-order valence-electron chi connectivity index (χ1n) is 4.75. The molecule has 1 aromatic rings. The van der Waals surface area contributed by atoms with Gasteiger partial charge in [0.05, 0.1) is 5.75 Å². The van der Waals surface area contributed by atoms with Crippen molar-refractivity contribution >= 4 is 23.4 Å². The van der Waals surface area contributed by atoms with Crippen molar-refractivity contribution in [2.24, 2.45) is 0 Å². The Labute approximate surface area is 94.5 Å². The summed E-state index contributed by atoms with van der Waals surface area (Å²) in [5.74, 6) is 1.68. The molecule has 4 heteroatoms. The highest BCUT2D eigenvalue weighted by Gasteiger charge is 2.03. The van der Waals surface area contributed by atoms with Gasteiger partial charge in [-0.3, -0.25) is 0 Å². The van der Waals surface area contributed by atoms with E-state index in [9.17, 15) is 0 Å². The van der Waals surface area contributed by atoms with Crippen LogP contribution in [0.1, 0.15) is 32.3 Å². The fourth-order valence-corrected chi connectivity index (χ4v) is 1.84. The van der Waals surface area contributed by atoms with Crippen LogP contribution in [0.4, 0.5) is 0 Å². The van der Waals surface area contributed by atoms with Gasteiger partial charge in [0.15, 0.2) is 0 Å². The Kier molecular flexibility index (Phi) is 4.69. The molecule has 0 saturated heterocycles. The lowest BCUT2D eigenvalue weighted by Gasteiger charge is -2.05. The van der Waals surface area contributed by atoms with E-state index < -0.39 is 0 Å². The molecule has 14 heavy (non-hydrogen) atoms. The maximum Gasteiger partial charge on any atom is 0.140 e. The number of thioether (sulfide) groups is 1. The zero-order chi connectivity index (χ0) is 10.6. The van der Waals surface area contributed by atoms with Crippen molar-refractivity contribution < 1.29 is 0 Å². The molecule has 1 rings (SSSR count). The Morgan fingerprint density at radius 3 is 2.71 bits per heavy atom. The van der Waals surface area contributed by atoms with E-state index in [0.29, 0.717) is 10.4 Å². The zero-order valence-corrected chi connectivity index (χ0v) is 10.3. The zero-order valence-electron chi connectivity index (χ0n) is 8.75. The Bertz CT molecular complexity index is 302. The van der Waals surface area contributed by atoms with Crippen LogP contribution >= 0.6 is 23.4 Å². The summed E-state index contributed by atoms with van der Waals surface area (Å²) in [6.07, 6.45) is 0.904. The molecule has 0 unspecified atom stereocenters. The minimum Gasteiger partial charge on any atom is -0.237 e. The van der Waals surface area contributed by atoms with Crippen molar-refractivity contribution in [2.45, 2.75) is 38.2 Å². The Morgan fingerprint density at radius 2 is 2.14 bits per heavy atom. The molecule has 0 aliphatic heterocycles. The van der Waals surface area contributed by atoms with Crippen LogP contribution in [0.2, 0.25) is 5.15 Å². The molecule has 2 nitrogen and oxygen atoms in total. The summed E-state index contributed by atoms with van der Waals surface area (Å²) in [6, 6.07) is 1.82. The number of nitrogens with zero attached hydrogens (tertiary/aromatic N) is 2. The number of hydrogen-bond acceptors (Lipinski definition) is 3. The van der Waals surface area contributed by atoms with Crippen LogP contribution < -0.4 is 0 Å². The molecule has 0 N–H and O–H groups in total. The Morgan fingerprint density at radius 1 is 1.43 bits per heavy atom. The molecule has 0 radical (unpaired) electrons. The van der Waals surface area contributed by atoms with Gasteiger partial charge >= 0.3 is 0 Å². The van der Waals surface area contributed by atoms with E-state index in [1.54, 1.807) is 0 Å². The van der Waals surface area contributed by atoms with Gasteiger partial charge in [0.2, 0.25) is 0 Å². The molecule has 0 atom stereocenters. The van der Waals surface area contributed by atoms with Crippen molar-refractivity contribution in [3.63, 3.8) is 0 Å². The van der Waals surface area contributed by atoms with Crippen LogP contribution in [0.15, 0.2) is 6.07 Å². The van der Waals surface area contributed by atoms with E-state index >= 15 is 0 Å². The SMILES string of the molecule is CCc1cc(Cl)nc(CSC(C)C)n1. The maximum absolute atomic E-state index is 5.88. The Hall–Kier alpha value is -0.280. The third kappa shape index (κ3) is 3.84. The number of halogens is 1. The predicted octanol–water partition coefficient (Wildman–Crippen LogP) is 3.33. The van der Waals surface area contributed by atoms with Crippen LogP contribution in [0.25, 0.3) is 0 Å². The van der Waals surface area contributed by atoms with Crippen molar-refractivity contribution in [1.82, 2.24) is 9.97 Å². The second-order valence-corrected chi connectivity index (χ2v) is 5.26. The van der Waals surface area contributed by atoms with Crippen molar-refractivity contribution in [1.29, 1.82) is 0 Å². The van der Waals surface area contributed by atoms with Gasteiger partial charge in [0.1, 0.15) is 11.0 Å². The number of aryl methyl sites for hydroxylation is 1. The molecule has 0 bridgehead atoms. The fraction of sp³-hybridized carbons (Fsp3) is 0.600. The van der Waals surface area contributed by atoms with Gasteiger partial charge < -0.3 is 0 Å². The smallest absolute Gasteiger partial charge is 0.140 e. The average Bonchev–Trinajstić information content (AvgIpc) is 2.14. The molecule has 0 aromatic carbocycles. The van der Waals surface area contributed by atoms with Gasteiger partial charge in [-0.2, -0.15) is 11.8 Å². The van der Waals surface area contributed by atoms with Gasteiger partial charge in [-0.15, -0.1) is 0 Å². The number of hydrogen-bond donors (Lipinski definition) is 0. The van der Waals surface area contributed by atoms with Gasteiger partial charge in [-0.1, -0.05) is 32.4 Å². The monoisotopic (exact) mass is 230 g/mol. The van der Waals surface area contributed by atoms with E-state index in [4.69, 9.17) is 11.6 Å².